The largest absolute Gasteiger partial charge is 0.360 e. The van der Waals surface area contributed by atoms with E-state index in [1.165, 1.54) is 32.5 Å². The Bertz CT molecular complexity index is 382. The molecule has 3 aliphatic rings. The van der Waals surface area contributed by atoms with E-state index in [2.05, 4.69) is 28.4 Å². The third-order valence-electron chi connectivity index (χ3n) is 4.31. The molecule has 2 bridgehead atoms. The van der Waals surface area contributed by atoms with Gasteiger partial charge in [-0.1, -0.05) is 18.5 Å². The Labute approximate surface area is 109 Å². The minimum atomic E-state index is 0.646. The number of nitrogens with zero attached hydrogens (tertiary/aromatic N) is 2. The van der Waals surface area contributed by atoms with Crippen molar-refractivity contribution < 1.29 is 4.52 Å². The van der Waals surface area contributed by atoms with Crippen molar-refractivity contribution in [2.75, 3.05) is 19.6 Å². The summed E-state index contributed by atoms with van der Waals surface area (Å²) >= 11 is 0. The van der Waals surface area contributed by atoms with Crippen LogP contribution in [0.4, 0.5) is 0 Å². The van der Waals surface area contributed by atoms with Crippen LogP contribution >= 0.6 is 0 Å². The monoisotopic (exact) mass is 249 g/mol. The lowest BCUT2D eigenvalue weighted by molar-refractivity contribution is 0.0708. The number of fused-ring (bicyclic) bond motifs is 3. The van der Waals surface area contributed by atoms with Gasteiger partial charge in [0.15, 0.2) is 5.76 Å². The molecule has 1 aromatic heterocycles. The minimum Gasteiger partial charge on any atom is -0.360 e. The highest BCUT2D eigenvalue weighted by molar-refractivity contribution is 5.05. The van der Waals surface area contributed by atoms with E-state index >= 15 is 0 Å². The zero-order chi connectivity index (χ0) is 12.4. The van der Waals surface area contributed by atoms with Gasteiger partial charge in [-0.05, 0) is 38.3 Å². The topological polar surface area (TPSA) is 41.3 Å². The lowest BCUT2D eigenvalue weighted by atomic mass is 9.84. The lowest BCUT2D eigenvalue weighted by Gasteiger charge is -2.45. The first-order valence-corrected chi connectivity index (χ1v) is 7.25. The summed E-state index contributed by atoms with van der Waals surface area (Å²) in [6.45, 7) is 6.80. The summed E-state index contributed by atoms with van der Waals surface area (Å²) in [6.07, 6.45) is 4.85. The molecule has 3 aliphatic heterocycles. The number of aryl methyl sites for hydroxylation is 1. The fraction of sp³-hybridized carbons (Fsp3) is 0.786. The van der Waals surface area contributed by atoms with Crippen molar-refractivity contribution in [3.05, 3.63) is 17.5 Å². The Morgan fingerprint density at radius 2 is 2.28 bits per heavy atom. The molecule has 1 unspecified atom stereocenters. The Morgan fingerprint density at radius 3 is 2.94 bits per heavy atom. The van der Waals surface area contributed by atoms with Crippen molar-refractivity contribution in [2.24, 2.45) is 5.92 Å². The summed E-state index contributed by atoms with van der Waals surface area (Å²) in [5.74, 6) is 1.85. The molecule has 3 fully saturated rings. The summed E-state index contributed by atoms with van der Waals surface area (Å²) in [5.41, 5.74) is 1.09. The van der Waals surface area contributed by atoms with Crippen LogP contribution in [0.2, 0.25) is 0 Å². The van der Waals surface area contributed by atoms with Crippen molar-refractivity contribution in [1.82, 2.24) is 15.4 Å². The van der Waals surface area contributed by atoms with E-state index in [1.54, 1.807) is 0 Å². The predicted octanol–water partition coefficient (Wildman–Crippen LogP) is 1.81. The minimum absolute atomic E-state index is 0.646. The normalized spacial score (nSPS) is 30.8. The molecule has 4 nitrogen and oxygen atoms in total. The van der Waals surface area contributed by atoms with Gasteiger partial charge in [0, 0.05) is 18.7 Å². The van der Waals surface area contributed by atoms with Crippen molar-refractivity contribution in [1.29, 1.82) is 0 Å². The molecule has 1 atom stereocenters. The molecular formula is C14H23N3O. The molecule has 18 heavy (non-hydrogen) atoms. The number of aromatic nitrogens is 1. The second kappa shape index (κ2) is 5.41. The van der Waals surface area contributed by atoms with Crippen molar-refractivity contribution in [2.45, 2.75) is 45.2 Å². The van der Waals surface area contributed by atoms with Crippen molar-refractivity contribution in [3.8, 4) is 0 Å². The molecule has 0 aromatic carbocycles. The summed E-state index contributed by atoms with van der Waals surface area (Å²) in [7, 11) is 0. The first-order valence-electron chi connectivity index (χ1n) is 7.25. The standard InChI is InChI=1S/C14H23N3O/c1-2-3-12-8-13(18-16-12)9-15-14-10-17-6-4-11(14)5-7-17/h8,11,14-15H,2-7,9-10H2,1H3. The summed E-state index contributed by atoms with van der Waals surface area (Å²) < 4.78 is 5.36. The maximum Gasteiger partial charge on any atom is 0.150 e. The number of rotatable bonds is 5. The van der Waals surface area contributed by atoms with Gasteiger partial charge in [0.05, 0.1) is 12.2 Å². The summed E-state index contributed by atoms with van der Waals surface area (Å²) in [6, 6.07) is 2.74. The molecule has 0 amide bonds. The van der Waals surface area contributed by atoms with Gasteiger partial charge >= 0.3 is 0 Å². The molecule has 3 saturated heterocycles. The van der Waals surface area contributed by atoms with Crippen LogP contribution in [0.25, 0.3) is 0 Å². The van der Waals surface area contributed by atoms with Gasteiger partial charge in [0.2, 0.25) is 0 Å². The molecule has 0 aliphatic carbocycles. The van der Waals surface area contributed by atoms with Crippen molar-refractivity contribution >= 4 is 0 Å². The van der Waals surface area contributed by atoms with Crippen LogP contribution in [-0.2, 0) is 13.0 Å². The van der Waals surface area contributed by atoms with E-state index in [0.717, 1.165) is 36.8 Å². The maximum atomic E-state index is 5.36. The predicted molar refractivity (Wildman–Crippen MR) is 70.3 cm³/mol. The Morgan fingerprint density at radius 1 is 1.44 bits per heavy atom. The number of hydrogen-bond donors (Lipinski definition) is 1. The molecular weight excluding hydrogens is 226 g/mol. The highest BCUT2D eigenvalue weighted by Crippen LogP contribution is 2.27. The SMILES string of the molecule is CCCc1cc(CNC2CN3CCC2CC3)on1. The van der Waals surface area contributed by atoms with Gasteiger partial charge in [0.1, 0.15) is 0 Å². The van der Waals surface area contributed by atoms with E-state index in [9.17, 15) is 0 Å². The molecule has 4 heteroatoms. The van der Waals surface area contributed by atoms with E-state index in [0.29, 0.717) is 6.04 Å². The fourth-order valence-electron chi connectivity index (χ4n) is 3.24. The van der Waals surface area contributed by atoms with E-state index in [-0.39, 0.29) is 0 Å². The van der Waals surface area contributed by atoms with Crippen LogP contribution in [0.1, 0.15) is 37.6 Å². The van der Waals surface area contributed by atoms with Crippen LogP contribution in [0.5, 0.6) is 0 Å². The Hall–Kier alpha value is -0.870. The highest BCUT2D eigenvalue weighted by Gasteiger charge is 2.33. The molecule has 0 spiro atoms. The number of hydrogen-bond acceptors (Lipinski definition) is 4. The number of piperidine rings is 3. The zero-order valence-corrected chi connectivity index (χ0v) is 11.2. The lowest BCUT2D eigenvalue weighted by Crippen LogP contribution is -2.55. The van der Waals surface area contributed by atoms with Crippen LogP contribution in [0, 0.1) is 5.92 Å². The van der Waals surface area contributed by atoms with E-state index in [1.807, 2.05) is 0 Å². The van der Waals surface area contributed by atoms with Gasteiger partial charge in [-0.25, -0.2) is 0 Å². The first kappa shape index (κ1) is 12.2. The zero-order valence-electron chi connectivity index (χ0n) is 11.2. The second-order valence-corrected chi connectivity index (χ2v) is 5.66. The first-order chi connectivity index (χ1) is 8.85. The molecule has 4 heterocycles. The second-order valence-electron chi connectivity index (χ2n) is 5.66. The molecule has 0 radical (unpaired) electrons. The van der Waals surface area contributed by atoms with Crippen molar-refractivity contribution in [3.63, 3.8) is 0 Å². The fourth-order valence-corrected chi connectivity index (χ4v) is 3.24. The average molecular weight is 249 g/mol. The molecule has 100 valence electrons. The molecule has 0 saturated carbocycles. The van der Waals surface area contributed by atoms with Gasteiger partial charge in [0.25, 0.3) is 0 Å². The van der Waals surface area contributed by atoms with Crippen LogP contribution in [-0.4, -0.2) is 35.7 Å². The Kier molecular flexibility index (Phi) is 3.66. The third kappa shape index (κ3) is 2.59. The van der Waals surface area contributed by atoms with Gasteiger partial charge in [-0.15, -0.1) is 0 Å². The molecule has 1 aromatic rings. The molecule has 4 rings (SSSR count). The van der Waals surface area contributed by atoms with E-state index < -0.39 is 0 Å². The quantitative estimate of drug-likeness (QED) is 0.864. The van der Waals surface area contributed by atoms with Gasteiger partial charge < -0.3 is 14.7 Å². The maximum absolute atomic E-state index is 5.36. The third-order valence-corrected chi connectivity index (χ3v) is 4.31. The average Bonchev–Trinajstić information content (AvgIpc) is 2.86. The summed E-state index contributed by atoms with van der Waals surface area (Å²) in [5, 5.41) is 7.74. The number of nitrogens with one attached hydrogen (secondary N) is 1. The van der Waals surface area contributed by atoms with E-state index in [4.69, 9.17) is 4.52 Å². The van der Waals surface area contributed by atoms with Crippen LogP contribution < -0.4 is 5.32 Å². The molecule has 1 N–H and O–H groups in total. The van der Waals surface area contributed by atoms with Gasteiger partial charge in [-0.2, -0.15) is 0 Å². The van der Waals surface area contributed by atoms with Gasteiger partial charge in [-0.3, -0.25) is 0 Å². The summed E-state index contributed by atoms with van der Waals surface area (Å²) in [4.78, 5) is 2.57. The van der Waals surface area contributed by atoms with Crippen LogP contribution in [0.3, 0.4) is 0 Å². The Balaban J connectivity index is 1.51. The van der Waals surface area contributed by atoms with Crippen LogP contribution in [0.15, 0.2) is 10.6 Å². The smallest absolute Gasteiger partial charge is 0.150 e. The highest BCUT2D eigenvalue weighted by atomic mass is 16.5.